The molecule has 0 radical (unpaired) electrons. The third kappa shape index (κ3) is 5.27. The zero-order chi connectivity index (χ0) is 23.5. The number of sulfonamides is 1. The maximum atomic E-state index is 12.9. The minimum atomic E-state index is -4.78. The molecule has 0 aliphatic carbocycles. The van der Waals surface area contributed by atoms with Gasteiger partial charge in [0.1, 0.15) is 5.75 Å². The number of benzene rings is 1. The van der Waals surface area contributed by atoms with Gasteiger partial charge in [0.15, 0.2) is 0 Å². The van der Waals surface area contributed by atoms with Crippen molar-refractivity contribution >= 4 is 33.4 Å². The van der Waals surface area contributed by atoms with E-state index in [9.17, 15) is 26.4 Å². The number of piperidine rings is 1. The first-order chi connectivity index (χ1) is 15.0. The third-order valence-electron chi connectivity index (χ3n) is 4.65. The summed E-state index contributed by atoms with van der Waals surface area (Å²) in [4.78, 5) is 12.4. The minimum absolute atomic E-state index is 0.000302. The molecule has 0 spiro atoms. The van der Waals surface area contributed by atoms with Gasteiger partial charge in [-0.3, -0.25) is 4.79 Å². The molecule has 32 heavy (non-hydrogen) atoms. The predicted molar refractivity (Wildman–Crippen MR) is 110 cm³/mol. The highest BCUT2D eigenvalue weighted by atomic mass is 32.2. The Morgan fingerprint density at radius 2 is 1.94 bits per heavy atom. The molecule has 1 aromatic carbocycles. The number of ether oxygens (including phenoxy) is 1. The Kier molecular flexibility index (Phi) is 7.19. The van der Waals surface area contributed by atoms with Crippen LogP contribution < -0.4 is 15.9 Å². The van der Waals surface area contributed by atoms with Crippen LogP contribution in [0.15, 0.2) is 28.3 Å². The van der Waals surface area contributed by atoms with Gasteiger partial charge in [0.05, 0.1) is 23.4 Å². The molecule has 2 heterocycles. The Labute approximate surface area is 186 Å². The summed E-state index contributed by atoms with van der Waals surface area (Å²) in [5, 5.41) is 8.52. The summed E-state index contributed by atoms with van der Waals surface area (Å²) in [6.45, 7) is 0.846. The summed E-state index contributed by atoms with van der Waals surface area (Å²) >= 11 is 0.642. The van der Waals surface area contributed by atoms with Crippen molar-refractivity contribution in [2.24, 2.45) is 0 Å². The Morgan fingerprint density at radius 3 is 2.53 bits per heavy atom. The number of hydrogen-bond acceptors (Lipinski definition) is 8. The van der Waals surface area contributed by atoms with Gasteiger partial charge in [0.25, 0.3) is 5.82 Å². The lowest BCUT2D eigenvalue weighted by Gasteiger charge is -2.26. The molecule has 1 fully saturated rings. The lowest BCUT2D eigenvalue weighted by atomic mass is 10.2. The molecule has 0 saturated carbocycles. The first-order valence-corrected chi connectivity index (χ1v) is 11.8. The normalized spacial score (nSPS) is 15.5. The fraction of sp³-hybridized carbons (Fsp3) is 0.471. The largest absolute Gasteiger partial charge is 0.495 e. The average Bonchev–Trinajstić information content (AvgIpc) is 3.13. The molecule has 1 amide bonds. The highest BCUT2D eigenvalue weighted by Gasteiger charge is 2.38. The highest BCUT2D eigenvalue weighted by molar-refractivity contribution is 7.99. The van der Waals surface area contributed by atoms with Crippen LogP contribution in [-0.4, -0.2) is 59.5 Å². The Hall–Kier alpha value is -2.52. The van der Waals surface area contributed by atoms with Gasteiger partial charge in [-0.1, -0.05) is 18.2 Å². The van der Waals surface area contributed by atoms with E-state index in [0.29, 0.717) is 24.9 Å². The number of hydrogen-bond donors (Lipinski definition) is 2. The smallest absolute Gasteiger partial charge is 0.453 e. The second-order valence-electron chi connectivity index (χ2n) is 6.84. The van der Waals surface area contributed by atoms with Crippen LogP contribution in [0.1, 0.15) is 25.1 Å². The van der Waals surface area contributed by atoms with Crippen molar-refractivity contribution < 1.29 is 31.1 Å². The van der Waals surface area contributed by atoms with Crippen LogP contribution in [0.5, 0.6) is 5.75 Å². The quantitative estimate of drug-likeness (QED) is 0.441. The number of carbonyl (C=O) groups excluding carboxylic acids is 1. The topological polar surface area (TPSA) is 132 Å². The second kappa shape index (κ2) is 9.54. The van der Waals surface area contributed by atoms with E-state index in [1.165, 1.54) is 29.6 Å². The molecule has 1 aliphatic rings. The number of aromatic nitrogens is 3. The highest BCUT2D eigenvalue weighted by Crippen LogP contribution is 2.31. The van der Waals surface area contributed by atoms with Crippen LogP contribution in [0.3, 0.4) is 0 Å². The van der Waals surface area contributed by atoms with E-state index in [2.05, 4.69) is 15.5 Å². The summed E-state index contributed by atoms with van der Waals surface area (Å²) in [6.07, 6.45) is -2.26. The molecule has 3 rings (SSSR count). The molecule has 10 nitrogen and oxygen atoms in total. The van der Waals surface area contributed by atoms with Crippen molar-refractivity contribution in [3.05, 3.63) is 24.0 Å². The van der Waals surface area contributed by atoms with Crippen molar-refractivity contribution in [2.75, 3.05) is 37.1 Å². The zero-order valence-electron chi connectivity index (χ0n) is 16.9. The molecular formula is C17H21F3N6O4S2. The number of amides is 1. The Morgan fingerprint density at radius 1 is 1.25 bits per heavy atom. The van der Waals surface area contributed by atoms with E-state index >= 15 is 0 Å². The predicted octanol–water partition coefficient (Wildman–Crippen LogP) is 1.92. The lowest BCUT2D eigenvalue weighted by Crippen LogP contribution is -2.35. The maximum absolute atomic E-state index is 12.9. The molecule has 0 unspecified atom stereocenters. The monoisotopic (exact) mass is 494 g/mol. The van der Waals surface area contributed by atoms with Gasteiger partial charge >= 0.3 is 6.18 Å². The maximum Gasteiger partial charge on any atom is 0.453 e. The molecule has 1 aliphatic heterocycles. The van der Waals surface area contributed by atoms with Gasteiger partial charge in [-0.15, -0.1) is 10.2 Å². The number of anilines is 1. The molecule has 0 atom stereocenters. The van der Waals surface area contributed by atoms with Crippen LogP contribution in [0.2, 0.25) is 0 Å². The molecule has 15 heteroatoms. The van der Waals surface area contributed by atoms with Gasteiger partial charge in [-0.2, -0.15) is 17.5 Å². The van der Waals surface area contributed by atoms with Gasteiger partial charge in [0, 0.05) is 13.1 Å². The summed E-state index contributed by atoms with van der Waals surface area (Å²) in [6, 6.07) is 4.10. The number of carbonyl (C=O) groups is 1. The molecule has 1 saturated heterocycles. The van der Waals surface area contributed by atoms with Gasteiger partial charge in [-0.05, 0) is 31.0 Å². The van der Waals surface area contributed by atoms with Crippen molar-refractivity contribution in [3.8, 4) is 5.75 Å². The van der Waals surface area contributed by atoms with Crippen LogP contribution in [-0.2, 0) is 21.0 Å². The van der Waals surface area contributed by atoms with Crippen molar-refractivity contribution in [1.82, 2.24) is 19.2 Å². The van der Waals surface area contributed by atoms with Crippen LogP contribution >= 0.6 is 11.8 Å². The summed E-state index contributed by atoms with van der Waals surface area (Å²) in [5.41, 5.74) is 0.112. The third-order valence-corrected chi connectivity index (χ3v) is 7.49. The van der Waals surface area contributed by atoms with Crippen LogP contribution in [0, 0.1) is 0 Å². The van der Waals surface area contributed by atoms with E-state index in [0.717, 1.165) is 19.3 Å². The van der Waals surface area contributed by atoms with Crippen molar-refractivity contribution in [3.63, 3.8) is 0 Å². The first-order valence-electron chi connectivity index (χ1n) is 9.42. The van der Waals surface area contributed by atoms with E-state index in [-0.39, 0.29) is 31.9 Å². The number of nitrogens with one attached hydrogen (secondary N) is 1. The first kappa shape index (κ1) is 24.1. The number of nitrogens with zero attached hydrogens (tertiary/aromatic N) is 4. The number of nitrogen functional groups attached to an aromatic ring is 1. The molecule has 3 N–H and O–H groups in total. The number of rotatable bonds is 7. The molecule has 1 aromatic heterocycles. The van der Waals surface area contributed by atoms with Crippen molar-refractivity contribution in [2.45, 2.75) is 35.5 Å². The summed E-state index contributed by atoms with van der Waals surface area (Å²) in [7, 11) is -2.39. The lowest BCUT2D eigenvalue weighted by molar-refractivity contribution is -0.146. The number of thioether (sulfide) groups is 1. The number of alkyl halides is 3. The fourth-order valence-corrected chi connectivity index (χ4v) is 5.29. The van der Waals surface area contributed by atoms with Crippen molar-refractivity contribution in [1.29, 1.82) is 0 Å². The van der Waals surface area contributed by atoms with Gasteiger partial charge < -0.3 is 15.9 Å². The number of methoxy groups -OCH3 is 1. The Bertz CT molecular complexity index is 1080. The summed E-state index contributed by atoms with van der Waals surface area (Å²) < 4.78 is 70.9. The number of nitrogens with two attached hydrogens (primary N) is 1. The van der Waals surface area contributed by atoms with Gasteiger partial charge in [0.2, 0.25) is 21.1 Å². The van der Waals surface area contributed by atoms with E-state index < -0.39 is 27.9 Å². The summed E-state index contributed by atoms with van der Waals surface area (Å²) in [5.74, 6) is 3.20. The Balaban J connectivity index is 1.73. The average molecular weight is 495 g/mol. The SMILES string of the molecule is COc1ccc(S(=O)(=O)N2CCCCC2)cc1NC(=O)CSc1nnc(C(F)(F)F)n1N. The van der Waals surface area contributed by atoms with E-state index in [1.807, 2.05) is 0 Å². The minimum Gasteiger partial charge on any atom is -0.495 e. The van der Waals surface area contributed by atoms with E-state index in [1.54, 1.807) is 0 Å². The van der Waals surface area contributed by atoms with E-state index in [4.69, 9.17) is 10.6 Å². The standard InChI is InChI=1S/C17H21F3N6O4S2/c1-30-13-6-5-11(32(28,29)25-7-3-2-4-8-25)9-12(13)22-14(27)10-31-16-24-23-15(26(16)21)17(18,19)20/h5-6,9H,2-4,7-8,10,21H2,1H3,(H,22,27). The van der Waals surface area contributed by atoms with Gasteiger partial charge in [-0.25, -0.2) is 13.1 Å². The van der Waals surface area contributed by atoms with Crippen LogP contribution in [0.4, 0.5) is 18.9 Å². The molecular weight excluding hydrogens is 473 g/mol. The number of halogens is 3. The second-order valence-corrected chi connectivity index (χ2v) is 9.72. The van der Waals surface area contributed by atoms with Crippen LogP contribution in [0.25, 0.3) is 0 Å². The fourth-order valence-electron chi connectivity index (χ4n) is 3.08. The zero-order valence-corrected chi connectivity index (χ0v) is 18.6. The molecule has 176 valence electrons. The molecule has 2 aromatic rings. The molecule has 0 bridgehead atoms.